The minimum absolute atomic E-state index is 0.0864. The minimum Gasteiger partial charge on any atom is -0.390 e. The van der Waals surface area contributed by atoms with Crippen LogP contribution in [0.4, 0.5) is 0 Å². The van der Waals surface area contributed by atoms with Crippen LogP contribution >= 0.6 is 0 Å². The fourth-order valence-corrected chi connectivity index (χ4v) is 3.25. The lowest BCUT2D eigenvalue weighted by atomic mass is 9.81. The zero-order valence-corrected chi connectivity index (χ0v) is 11.5. The van der Waals surface area contributed by atoms with E-state index in [1.165, 1.54) is 5.56 Å². The third-order valence-electron chi connectivity index (χ3n) is 4.33. The summed E-state index contributed by atoms with van der Waals surface area (Å²) in [6.45, 7) is 2.46. The van der Waals surface area contributed by atoms with E-state index in [2.05, 4.69) is 23.0 Å². The quantitative estimate of drug-likeness (QED) is 0.869. The Morgan fingerprint density at radius 2 is 2.42 bits per heavy atom. The predicted molar refractivity (Wildman–Crippen MR) is 73.2 cm³/mol. The molecule has 1 aliphatic carbocycles. The van der Waals surface area contributed by atoms with Gasteiger partial charge >= 0.3 is 0 Å². The molecule has 0 bridgehead atoms. The van der Waals surface area contributed by atoms with Crippen LogP contribution in [0, 0.1) is 0 Å². The van der Waals surface area contributed by atoms with Crippen LogP contribution in [0.3, 0.4) is 0 Å². The summed E-state index contributed by atoms with van der Waals surface area (Å²) in [6.07, 6.45) is 4.52. The molecule has 19 heavy (non-hydrogen) atoms. The fraction of sp³-hybridized carbons (Fsp3) is 0.667. The van der Waals surface area contributed by atoms with Gasteiger partial charge in [-0.3, -0.25) is 4.98 Å². The largest absolute Gasteiger partial charge is 0.390 e. The molecule has 0 saturated carbocycles. The predicted octanol–water partition coefficient (Wildman–Crippen LogP) is 1.19. The molecule has 1 aromatic heterocycles. The summed E-state index contributed by atoms with van der Waals surface area (Å²) in [6, 6.07) is 4.12. The standard InChI is InChI=1S/C15H22N2O2/c1-17-8-9-19-13(10-17)15(18)12-6-2-4-11-5-3-7-16-14(11)12/h3,5,7,12-13,15,18H,2,4,6,8-10H2,1H3. The molecule has 2 aliphatic rings. The number of hydrogen-bond acceptors (Lipinski definition) is 4. The zero-order chi connectivity index (χ0) is 13.2. The van der Waals surface area contributed by atoms with Crippen molar-refractivity contribution in [3.05, 3.63) is 29.6 Å². The lowest BCUT2D eigenvalue weighted by Crippen LogP contribution is -2.48. The molecule has 4 heteroatoms. The Labute approximate surface area is 114 Å². The van der Waals surface area contributed by atoms with Crippen LogP contribution in [0.1, 0.15) is 30.0 Å². The van der Waals surface area contributed by atoms with E-state index in [1.807, 2.05) is 12.3 Å². The van der Waals surface area contributed by atoms with Gasteiger partial charge in [0.15, 0.2) is 0 Å². The van der Waals surface area contributed by atoms with Gasteiger partial charge in [0.2, 0.25) is 0 Å². The number of aliphatic hydroxyl groups is 1. The smallest absolute Gasteiger partial charge is 0.0967 e. The molecule has 3 unspecified atom stereocenters. The van der Waals surface area contributed by atoms with Crippen molar-refractivity contribution in [3.8, 4) is 0 Å². The topological polar surface area (TPSA) is 45.6 Å². The van der Waals surface area contributed by atoms with Crippen LogP contribution in [-0.2, 0) is 11.2 Å². The summed E-state index contributed by atoms with van der Waals surface area (Å²) < 4.78 is 5.76. The van der Waals surface area contributed by atoms with Crippen LogP contribution < -0.4 is 0 Å². The molecule has 0 radical (unpaired) electrons. The Morgan fingerprint density at radius 1 is 1.53 bits per heavy atom. The third-order valence-corrected chi connectivity index (χ3v) is 4.33. The first-order chi connectivity index (χ1) is 9.25. The number of ether oxygens (including phenoxy) is 1. The average molecular weight is 262 g/mol. The van der Waals surface area contributed by atoms with Gasteiger partial charge in [-0.2, -0.15) is 0 Å². The molecule has 0 aromatic carbocycles. The molecule has 0 amide bonds. The van der Waals surface area contributed by atoms with E-state index in [0.717, 1.165) is 38.0 Å². The molecule has 1 aliphatic heterocycles. The molecule has 4 nitrogen and oxygen atoms in total. The average Bonchev–Trinajstić information content (AvgIpc) is 2.46. The van der Waals surface area contributed by atoms with Crippen molar-refractivity contribution in [2.24, 2.45) is 0 Å². The number of fused-ring (bicyclic) bond motifs is 1. The van der Waals surface area contributed by atoms with Gasteiger partial charge < -0.3 is 14.7 Å². The Kier molecular flexibility index (Phi) is 3.82. The van der Waals surface area contributed by atoms with Crippen LogP contribution in [0.5, 0.6) is 0 Å². The van der Waals surface area contributed by atoms with Crippen LogP contribution in [0.2, 0.25) is 0 Å². The number of aliphatic hydroxyl groups excluding tert-OH is 1. The summed E-state index contributed by atoms with van der Waals surface area (Å²) in [5.74, 6) is 0.126. The summed E-state index contributed by atoms with van der Waals surface area (Å²) >= 11 is 0. The molecule has 2 heterocycles. The van der Waals surface area contributed by atoms with Gasteiger partial charge in [-0.1, -0.05) is 6.07 Å². The summed E-state index contributed by atoms with van der Waals surface area (Å²) in [5.41, 5.74) is 2.38. The molecule has 3 atom stereocenters. The lowest BCUT2D eigenvalue weighted by molar-refractivity contribution is -0.0925. The van der Waals surface area contributed by atoms with Gasteiger partial charge in [0.25, 0.3) is 0 Å². The summed E-state index contributed by atoms with van der Waals surface area (Å²) in [5, 5.41) is 10.7. The second kappa shape index (κ2) is 5.57. The second-order valence-electron chi connectivity index (χ2n) is 5.71. The number of nitrogens with zero attached hydrogens (tertiary/aromatic N) is 2. The Bertz CT molecular complexity index is 438. The van der Waals surface area contributed by atoms with E-state index in [9.17, 15) is 5.11 Å². The SMILES string of the molecule is CN1CCOC(C(O)C2CCCc3cccnc32)C1. The van der Waals surface area contributed by atoms with Crippen molar-refractivity contribution in [2.75, 3.05) is 26.7 Å². The lowest BCUT2D eigenvalue weighted by Gasteiger charge is -2.37. The van der Waals surface area contributed by atoms with Crippen molar-refractivity contribution < 1.29 is 9.84 Å². The molecular formula is C15H22N2O2. The molecule has 1 N–H and O–H groups in total. The number of likely N-dealkylation sites (N-methyl/N-ethyl adjacent to an activating group) is 1. The van der Waals surface area contributed by atoms with E-state index in [-0.39, 0.29) is 12.0 Å². The highest BCUT2D eigenvalue weighted by Gasteiger charge is 2.35. The first-order valence-electron chi connectivity index (χ1n) is 7.17. The molecular weight excluding hydrogens is 240 g/mol. The van der Waals surface area contributed by atoms with Crippen molar-refractivity contribution in [3.63, 3.8) is 0 Å². The number of aromatic nitrogens is 1. The Balaban J connectivity index is 1.79. The van der Waals surface area contributed by atoms with E-state index in [1.54, 1.807) is 0 Å². The zero-order valence-electron chi connectivity index (χ0n) is 11.5. The van der Waals surface area contributed by atoms with Crippen molar-refractivity contribution in [2.45, 2.75) is 37.4 Å². The van der Waals surface area contributed by atoms with Crippen molar-refractivity contribution in [1.82, 2.24) is 9.88 Å². The number of morpholine rings is 1. The van der Waals surface area contributed by atoms with Gasteiger partial charge in [-0.15, -0.1) is 0 Å². The molecule has 1 saturated heterocycles. The number of pyridine rings is 1. The Morgan fingerprint density at radius 3 is 3.26 bits per heavy atom. The molecule has 1 aromatic rings. The van der Waals surface area contributed by atoms with Crippen LogP contribution in [0.25, 0.3) is 0 Å². The molecule has 104 valence electrons. The summed E-state index contributed by atoms with van der Waals surface area (Å²) in [4.78, 5) is 6.73. The van der Waals surface area contributed by atoms with Crippen LogP contribution in [0.15, 0.2) is 18.3 Å². The maximum atomic E-state index is 10.7. The van der Waals surface area contributed by atoms with Gasteiger partial charge in [-0.05, 0) is 37.9 Å². The van der Waals surface area contributed by atoms with Crippen LogP contribution in [-0.4, -0.2) is 53.9 Å². The number of hydrogen-bond donors (Lipinski definition) is 1. The third kappa shape index (κ3) is 2.66. The van der Waals surface area contributed by atoms with Gasteiger partial charge in [0.1, 0.15) is 0 Å². The van der Waals surface area contributed by atoms with Gasteiger partial charge in [0, 0.05) is 30.9 Å². The van der Waals surface area contributed by atoms with E-state index >= 15 is 0 Å². The van der Waals surface area contributed by atoms with E-state index in [0.29, 0.717) is 6.61 Å². The van der Waals surface area contributed by atoms with E-state index < -0.39 is 6.10 Å². The van der Waals surface area contributed by atoms with E-state index in [4.69, 9.17) is 4.74 Å². The summed E-state index contributed by atoms with van der Waals surface area (Å²) in [7, 11) is 2.08. The van der Waals surface area contributed by atoms with Crippen molar-refractivity contribution >= 4 is 0 Å². The van der Waals surface area contributed by atoms with Gasteiger partial charge in [0.05, 0.1) is 18.8 Å². The monoisotopic (exact) mass is 262 g/mol. The molecule has 0 spiro atoms. The normalized spacial score (nSPS) is 29.8. The molecule has 1 fully saturated rings. The minimum atomic E-state index is -0.448. The highest BCUT2D eigenvalue weighted by atomic mass is 16.5. The highest BCUT2D eigenvalue weighted by molar-refractivity contribution is 5.27. The number of rotatable bonds is 2. The first kappa shape index (κ1) is 13.0. The number of aryl methyl sites for hydroxylation is 1. The molecule has 3 rings (SSSR count). The maximum Gasteiger partial charge on any atom is 0.0967 e. The fourth-order valence-electron chi connectivity index (χ4n) is 3.25. The van der Waals surface area contributed by atoms with Crippen molar-refractivity contribution in [1.29, 1.82) is 0 Å². The first-order valence-corrected chi connectivity index (χ1v) is 7.17. The maximum absolute atomic E-state index is 10.7. The van der Waals surface area contributed by atoms with Gasteiger partial charge in [-0.25, -0.2) is 0 Å². The second-order valence-corrected chi connectivity index (χ2v) is 5.71. The Hall–Kier alpha value is -0.970. The highest BCUT2D eigenvalue weighted by Crippen LogP contribution is 2.34.